The van der Waals surface area contributed by atoms with Gasteiger partial charge in [-0.3, -0.25) is 0 Å². The monoisotopic (exact) mass is 293 g/mol. The second kappa shape index (κ2) is 6.82. The summed E-state index contributed by atoms with van der Waals surface area (Å²) in [6.45, 7) is 5.05. The van der Waals surface area contributed by atoms with Crippen LogP contribution in [0.5, 0.6) is 5.75 Å². The molecule has 1 atom stereocenters. The summed E-state index contributed by atoms with van der Waals surface area (Å²) in [6.07, 6.45) is 2.79. The summed E-state index contributed by atoms with van der Waals surface area (Å²) in [5.74, 6) is 1.61. The van der Waals surface area contributed by atoms with Gasteiger partial charge in [0.15, 0.2) is 0 Å². The van der Waals surface area contributed by atoms with E-state index in [1.54, 1.807) is 13.4 Å². The zero-order valence-corrected chi connectivity index (χ0v) is 12.8. The summed E-state index contributed by atoms with van der Waals surface area (Å²) >= 11 is 6.23. The number of rotatable bonds is 6. The average molecular weight is 294 g/mol. The minimum atomic E-state index is 0.0807. The molecule has 0 saturated heterocycles. The van der Waals surface area contributed by atoms with Gasteiger partial charge in [-0.25, -0.2) is 0 Å². The smallest absolute Gasteiger partial charge is 0.137 e. The van der Waals surface area contributed by atoms with Crippen molar-refractivity contribution >= 4 is 11.6 Å². The molecule has 1 unspecified atom stereocenters. The van der Waals surface area contributed by atoms with Gasteiger partial charge >= 0.3 is 0 Å². The zero-order valence-electron chi connectivity index (χ0n) is 12.1. The van der Waals surface area contributed by atoms with Gasteiger partial charge in [0, 0.05) is 5.56 Å². The maximum Gasteiger partial charge on any atom is 0.137 e. The van der Waals surface area contributed by atoms with E-state index in [2.05, 4.69) is 12.2 Å². The van der Waals surface area contributed by atoms with Crippen LogP contribution in [0.3, 0.4) is 0 Å². The number of benzene rings is 1. The molecule has 0 aliphatic carbocycles. The molecule has 108 valence electrons. The second-order valence-electron chi connectivity index (χ2n) is 4.71. The first-order valence-corrected chi connectivity index (χ1v) is 7.16. The highest BCUT2D eigenvalue weighted by Crippen LogP contribution is 2.31. The summed E-state index contributed by atoms with van der Waals surface area (Å²) in [7, 11) is 1.62. The lowest BCUT2D eigenvalue weighted by Gasteiger charge is -2.19. The summed E-state index contributed by atoms with van der Waals surface area (Å²) in [6, 6.07) is 7.95. The van der Waals surface area contributed by atoms with Crippen molar-refractivity contribution in [2.24, 2.45) is 0 Å². The molecule has 1 heterocycles. The molecule has 1 aromatic heterocycles. The van der Waals surface area contributed by atoms with Crippen LogP contribution in [0.25, 0.3) is 0 Å². The highest BCUT2D eigenvalue weighted by Gasteiger charge is 2.18. The highest BCUT2D eigenvalue weighted by molar-refractivity contribution is 6.32. The largest absolute Gasteiger partial charge is 0.495 e. The lowest BCUT2D eigenvalue weighted by molar-refractivity contribution is 0.414. The van der Waals surface area contributed by atoms with Crippen LogP contribution in [0.4, 0.5) is 0 Å². The fraction of sp³-hybridized carbons (Fsp3) is 0.375. The van der Waals surface area contributed by atoms with Gasteiger partial charge < -0.3 is 14.5 Å². The number of nitrogens with one attached hydrogen (secondary N) is 1. The molecule has 0 saturated carbocycles. The van der Waals surface area contributed by atoms with E-state index in [1.807, 2.05) is 31.2 Å². The molecule has 1 aromatic carbocycles. The van der Waals surface area contributed by atoms with Crippen LogP contribution in [-0.4, -0.2) is 13.7 Å². The van der Waals surface area contributed by atoms with Gasteiger partial charge in [-0.2, -0.15) is 0 Å². The normalized spacial score (nSPS) is 12.4. The van der Waals surface area contributed by atoms with Gasteiger partial charge in [0.2, 0.25) is 0 Å². The zero-order chi connectivity index (χ0) is 14.5. The van der Waals surface area contributed by atoms with E-state index in [0.717, 1.165) is 29.9 Å². The maximum absolute atomic E-state index is 6.23. The number of halogens is 1. The van der Waals surface area contributed by atoms with Crippen molar-refractivity contribution in [2.45, 2.75) is 26.3 Å². The van der Waals surface area contributed by atoms with E-state index in [4.69, 9.17) is 20.8 Å². The Morgan fingerprint density at radius 1 is 1.35 bits per heavy atom. The van der Waals surface area contributed by atoms with Crippen molar-refractivity contribution in [3.8, 4) is 5.75 Å². The average Bonchev–Trinajstić information content (AvgIpc) is 2.86. The predicted octanol–water partition coefficient (Wildman–Crippen LogP) is 4.34. The van der Waals surface area contributed by atoms with Gasteiger partial charge in [0.1, 0.15) is 11.5 Å². The molecule has 0 radical (unpaired) electrons. The summed E-state index contributed by atoms with van der Waals surface area (Å²) in [4.78, 5) is 0. The number of aryl methyl sites for hydroxylation is 1. The number of hydrogen-bond acceptors (Lipinski definition) is 3. The lowest BCUT2D eigenvalue weighted by Crippen LogP contribution is -2.23. The van der Waals surface area contributed by atoms with Crippen LogP contribution in [0.1, 0.15) is 36.3 Å². The van der Waals surface area contributed by atoms with Crippen molar-refractivity contribution < 1.29 is 9.15 Å². The molecule has 1 N–H and O–H groups in total. The predicted molar refractivity (Wildman–Crippen MR) is 81.6 cm³/mol. The number of furan rings is 1. The molecule has 20 heavy (non-hydrogen) atoms. The Bertz CT molecular complexity index is 565. The third-order valence-electron chi connectivity index (χ3n) is 3.32. The van der Waals surface area contributed by atoms with Crippen molar-refractivity contribution in [1.29, 1.82) is 0 Å². The maximum atomic E-state index is 6.23. The number of ether oxygens (including phenoxy) is 1. The first-order valence-electron chi connectivity index (χ1n) is 6.78. The quantitative estimate of drug-likeness (QED) is 0.860. The van der Waals surface area contributed by atoms with Crippen LogP contribution in [-0.2, 0) is 0 Å². The van der Waals surface area contributed by atoms with Crippen LogP contribution in [0.15, 0.2) is 34.9 Å². The minimum Gasteiger partial charge on any atom is -0.495 e. The van der Waals surface area contributed by atoms with E-state index >= 15 is 0 Å². The first kappa shape index (κ1) is 14.9. The van der Waals surface area contributed by atoms with Gasteiger partial charge in [0.25, 0.3) is 0 Å². The van der Waals surface area contributed by atoms with Crippen molar-refractivity contribution in [2.75, 3.05) is 13.7 Å². The van der Waals surface area contributed by atoms with Crippen molar-refractivity contribution in [1.82, 2.24) is 5.32 Å². The van der Waals surface area contributed by atoms with Gasteiger partial charge in [0.05, 0.1) is 24.4 Å². The molecule has 0 fully saturated rings. The summed E-state index contributed by atoms with van der Waals surface area (Å²) in [5.41, 5.74) is 2.24. The van der Waals surface area contributed by atoms with Crippen LogP contribution < -0.4 is 10.1 Å². The Balaban J connectivity index is 2.36. The Morgan fingerprint density at radius 2 is 2.15 bits per heavy atom. The van der Waals surface area contributed by atoms with Crippen LogP contribution in [0, 0.1) is 6.92 Å². The molecular weight excluding hydrogens is 274 g/mol. The second-order valence-corrected chi connectivity index (χ2v) is 5.12. The molecular formula is C16H20ClNO2. The van der Waals surface area contributed by atoms with E-state index < -0.39 is 0 Å². The standard InChI is InChI=1S/C16H20ClNO2/c1-4-8-18-16(13-7-9-20-11(13)2)12-5-6-15(19-3)14(17)10-12/h5-7,9-10,16,18H,4,8H2,1-3H3. The SMILES string of the molecule is CCCNC(c1ccc(OC)c(Cl)c1)c1ccoc1C. The van der Waals surface area contributed by atoms with Crippen LogP contribution >= 0.6 is 11.6 Å². The van der Waals surface area contributed by atoms with E-state index in [9.17, 15) is 0 Å². The van der Waals surface area contributed by atoms with E-state index in [0.29, 0.717) is 10.8 Å². The van der Waals surface area contributed by atoms with Crippen molar-refractivity contribution in [3.05, 3.63) is 52.4 Å². The van der Waals surface area contributed by atoms with Crippen LogP contribution in [0.2, 0.25) is 5.02 Å². The molecule has 0 bridgehead atoms. The third kappa shape index (κ3) is 3.17. The minimum absolute atomic E-state index is 0.0807. The molecule has 3 nitrogen and oxygen atoms in total. The Morgan fingerprint density at radius 3 is 2.70 bits per heavy atom. The van der Waals surface area contributed by atoms with E-state index in [-0.39, 0.29) is 6.04 Å². The lowest BCUT2D eigenvalue weighted by atomic mass is 9.99. The molecule has 0 spiro atoms. The molecule has 4 heteroatoms. The van der Waals surface area contributed by atoms with E-state index in [1.165, 1.54) is 0 Å². The fourth-order valence-electron chi connectivity index (χ4n) is 2.25. The first-order chi connectivity index (χ1) is 9.67. The molecule has 0 aliphatic heterocycles. The Hall–Kier alpha value is -1.45. The highest BCUT2D eigenvalue weighted by atomic mass is 35.5. The van der Waals surface area contributed by atoms with Gasteiger partial charge in [-0.15, -0.1) is 0 Å². The molecule has 0 aliphatic rings. The number of methoxy groups -OCH3 is 1. The molecule has 2 rings (SSSR count). The molecule has 0 amide bonds. The summed E-state index contributed by atoms with van der Waals surface area (Å²) < 4.78 is 10.6. The van der Waals surface area contributed by atoms with Gasteiger partial charge in [-0.1, -0.05) is 24.6 Å². The van der Waals surface area contributed by atoms with Gasteiger partial charge in [-0.05, 0) is 43.7 Å². The Kier molecular flexibility index (Phi) is 5.10. The Labute approximate surface area is 124 Å². The number of hydrogen-bond donors (Lipinski definition) is 1. The topological polar surface area (TPSA) is 34.4 Å². The van der Waals surface area contributed by atoms with Crippen molar-refractivity contribution in [3.63, 3.8) is 0 Å². The summed E-state index contributed by atoms with van der Waals surface area (Å²) in [5, 5.41) is 4.15. The third-order valence-corrected chi connectivity index (χ3v) is 3.61. The molecule has 2 aromatic rings. The fourth-order valence-corrected chi connectivity index (χ4v) is 2.52.